The first-order valence-corrected chi connectivity index (χ1v) is 9.61. The topological polar surface area (TPSA) is 45.7 Å². The number of rotatable bonds is 3. The molecule has 2 N–H and O–H groups in total. The van der Waals surface area contributed by atoms with E-state index >= 15 is 0 Å². The molecule has 1 aliphatic heterocycles. The Kier molecular flexibility index (Phi) is 4.91. The Morgan fingerprint density at radius 3 is 2.48 bits per heavy atom. The minimum atomic E-state index is 0.199. The smallest absolute Gasteiger partial charge is 0.191 e. The Bertz CT molecular complexity index is 438. The van der Waals surface area contributed by atoms with Crippen molar-refractivity contribution in [1.82, 2.24) is 10.6 Å². The summed E-state index contributed by atoms with van der Waals surface area (Å²) in [4.78, 5) is 4.72. The molecular formula is C19H35N3O. The van der Waals surface area contributed by atoms with Gasteiger partial charge in [0.2, 0.25) is 0 Å². The van der Waals surface area contributed by atoms with Crippen LogP contribution in [0.25, 0.3) is 0 Å². The van der Waals surface area contributed by atoms with Crippen molar-refractivity contribution < 1.29 is 4.74 Å². The third-order valence-electron chi connectivity index (χ3n) is 6.23. The van der Waals surface area contributed by atoms with E-state index in [2.05, 4.69) is 45.3 Å². The second-order valence-electron chi connectivity index (χ2n) is 8.77. The van der Waals surface area contributed by atoms with Gasteiger partial charge in [0, 0.05) is 36.6 Å². The second kappa shape index (κ2) is 6.62. The van der Waals surface area contributed by atoms with Crippen molar-refractivity contribution >= 4 is 5.96 Å². The zero-order valence-corrected chi connectivity index (χ0v) is 15.6. The highest BCUT2D eigenvalue weighted by molar-refractivity contribution is 5.80. The van der Waals surface area contributed by atoms with Crippen molar-refractivity contribution in [2.75, 3.05) is 13.2 Å². The molecule has 1 saturated heterocycles. The summed E-state index contributed by atoms with van der Waals surface area (Å²) >= 11 is 0. The van der Waals surface area contributed by atoms with Crippen molar-refractivity contribution in [3.8, 4) is 0 Å². The number of hydrogen-bond donors (Lipinski definition) is 2. The molecular weight excluding hydrogens is 286 g/mol. The number of nitrogens with zero attached hydrogens (tertiary/aromatic N) is 1. The Balaban J connectivity index is 1.62. The first-order valence-electron chi connectivity index (χ1n) is 9.61. The van der Waals surface area contributed by atoms with Gasteiger partial charge in [-0.25, -0.2) is 0 Å². The maximum absolute atomic E-state index is 5.92. The van der Waals surface area contributed by atoms with Crippen molar-refractivity contribution in [1.29, 1.82) is 0 Å². The van der Waals surface area contributed by atoms with Crippen LogP contribution in [0.5, 0.6) is 0 Å². The van der Waals surface area contributed by atoms with Gasteiger partial charge >= 0.3 is 0 Å². The molecule has 0 bridgehead atoms. The van der Waals surface area contributed by atoms with E-state index in [0.717, 1.165) is 30.9 Å². The third kappa shape index (κ3) is 3.38. The molecule has 0 aromatic carbocycles. The third-order valence-corrected chi connectivity index (χ3v) is 6.23. The summed E-state index contributed by atoms with van der Waals surface area (Å²) in [6, 6.07) is 1.04. The molecule has 0 amide bonds. The molecule has 4 nitrogen and oxygen atoms in total. The van der Waals surface area contributed by atoms with Crippen LogP contribution < -0.4 is 10.6 Å². The van der Waals surface area contributed by atoms with Gasteiger partial charge in [0.15, 0.2) is 5.96 Å². The molecule has 1 heterocycles. The molecule has 0 aromatic rings. The highest BCUT2D eigenvalue weighted by Crippen LogP contribution is 2.52. The lowest BCUT2D eigenvalue weighted by molar-refractivity contribution is -0.106. The summed E-state index contributed by atoms with van der Waals surface area (Å²) in [5.41, 5.74) is 0.199. The second-order valence-corrected chi connectivity index (χ2v) is 8.77. The van der Waals surface area contributed by atoms with E-state index < -0.39 is 0 Å². The van der Waals surface area contributed by atoms with Gasteiger partial charge in [0.05, 0.1) is 6.10 Å². The van der Waals surface area contributed by atoms with Gasteiger partial charge in [-0.1, -0.05) is 27.7 Å². The standard InChI is InChI=1S/C19H35N3O/c1-6-20-18(21-14-10-12(2)9-13(3)11-14)22-16-15-7-8-23-17(15)19(16,4)5/h12-17H,6-11H2,1-5H3,(H2,20,21,22). The highest BCUT2D eigenvalue weighted by atomic mass is 16.5. The number of hydrogen-bond acceptors (Lipinski definition) is 2. The lowest BCUT2D eigenvalue weighted by Gasteiger charge is -2.55. The summed E-state index contributed by atoms with van der Waals surface area (Å²) < 4.78 is 5.92. The minimum Gasteiger partial charge on any atom is -0.377 e. The summed E-state index contributed by atoms with van der Waals surface area (Å²) in [6.07, 6.45) is 5.50. The fourth-order valence-corrected chi connectivity index (χ4v) is 5.31. The van der Waals surface area contributed by atoms with E-state index in [1.807, 2.05) is 0 Å². The molecule has 23 heavy (non-hydrogen) atoms. The van der Waals surface area contributed by atoms with Crippen LogP contribution in [-0.4, -0.2) is 37.3 Å². The number of aliphatic imine (C=N–C) groups is 1. The number of nitrogens with one attached hydrogen (secondary N) is 2. The Labute approximate surface area is 141 Å². The first-order chi connectivity index (χ1) is 10.9. The average Bonchev–Trinajstić information content (AvgIpc) is 2.90. The first kappa shape index (κ1) is 17.1. The van der Waals surface area contributed by atoms with Crippen LogP contribution in [0, 0.1) is 23.2 Å². The van der Waals surface area contributed by atoms with Gasteiger partial charge in [-0.3, -0.25) is 4.99 Å². The predicted molar refractivity (Wildman–Crippen MR) is 95.6 cm³/mol. The van der Waals surface area contributed by atoms with Crippen LogP contribution >= 0.6 is 0 Å². The SMILES string of the molecule is CCN=C(NC1CC(C)CC(C)C1)NC1C2CCOC2C1(C)C. The zero-order chi connectivity index (χ0) is 16.6. The zero-order valence-electron chi connectivity index (χ0n) is 15.6. The predicted octanol–water partition coefficient (Wildman–Crippen LogP) is 3.18. The van der Waals surface area contributed by atoms with E-state index in [4.69, 9.17) is 9.73 Å². The van der Waals surface area contributed by atoms with E-state index in [0.29, 0.717) is 24.1 Å². The van der Waals surface area contributed by atoms with Crippen molar-refractivity contribution in [2.45, 2.75) is 78.5 Å². The number of fused-ring (bicyclic) bond motifs is 1. The average molecular weight is 322 g/mol. The number of guanidine groups is 1. The van der Waals surface area contributed by atoms with E-state index in [1.54, 1.807) is 0 Å². The molecule has 0 radical (unpaired) electrons. The van der Waals surface area contributed by atoms with Crippen LogP contribution in [0.1, 0.15) is 60.3 Å². The molecule has 3 rings (SSSR count). The van der Waals surface area contributed by atoms with Crippen LogP contribution in [0.2, 0.25) is 0 Å². The summed E-state index contributed by atoms with van der Waals surface area (Å²) in [6.45, 7) is 13.3. The summed E-state index contributed by atoms with van der Waals surface area (Å²) in [5, 5.41) is 7.48. The normalized spacial score (nSPS) is 42.7. The monoisotopic (exact) mass is 321 g/mol. The van der Waals surface area contributed by atoms with Crippen LogP contribution in [-0.2, 0) is 4.74 Å². The van der Waals surface area contributed by atoms with E-state index in [1.165, 1.54) is 25.7 Å². The molecule has 3 fully saturated rings. The highest BCUT2D eigenvalue weighted by Gasteiger charge is 2.59. The van der Waals surface area contributed by atoms with Crippen LogP contribution in [0.15, 0.2) is 4.99 Å². The largest absolute Gasteiger partial charge is 0.377 e. The lowest BCUT2D eigenvalue weighted by atomic mass is 9.57. The summed E-state index contributed by atoms with van der Waals surface area (Å²) in [7, 11) is 0. The minimum absolute atomic E-state index is 0.199. The maximum Gasteiger partial charge on any atom is 0.191 e. The molecule has 132 valence electrons. The fourth-order valence-electron chi connectivity index (χ4n) is 5.31. The molecule has 5 unspecified atom stereocenters. The number of ether oxygens (including phenoxy) is 1. The molecule has 0 spiro atoms. The van der Waals surface area contributed by atoms with Gasteiger partial charge in [-0.15, -0.1) is 0 Å². The Hall–Kier alpha value is -0.770. The van der Waals surface area contributed by atoms with Crippen molar-refractivity contribution in [3.63, 3.8) is 0 Å². The summed E-state index contributed by atoms with van der Waals surface area (Å²) in [5.74, 6) is 3.29. The molecule has 0 aromatic heterocycles. The van der Waals surface area contributed by atoms with E-state index in [9.17, 15) is 0 Å². The van der Waals surface area contributed by atoms with Crippen molar-refractivity contribution in [2.24, 2.45) is 28.2 Å². The van der Waals surface area contributed by atoms with Crippen LogP contribution in [0.4, 0.5) is 0 Å². The molecule has 2 saturated carbocycles. The maximum atomic E-state index is 5.92. The van der Waals surface area contributed by atoms with Crippen LogP contribution in [0.3, 0.4) is 0 Å². The van der Waals surface area contributed by atoms with Gasteiger partial charge in [0.25, 0.3) is 0 Å². The Morgan fingerprint density at radius 2 is 1.83 bits per heavy atom. The Morgan fingerprint density at radius 1 is 1.13 bits per heavy atom. The lowest BCUT2D eigenvalue weighted by Crippen LogP contribution is -2.68. The van der Waals surface area contributed by atoms with E-state index in [-0.39, 0.29) is 5.41 Å². The van der Waals surface area contributed by atoms with Gasteiger partial charge < -0.3 is 15.4 Å². The van der Waals surface area contributed by atoms with Gasteiger partial charge in [0.1, 0.15) is 0 Å². The fraction of sp³-hybridized carbons (Fsp3) is 0.947. The van der Waals surface area contributed by atoms with Gasteiger partial charge in [-0.05, 0) is 44.4 Å². The molecule has 4 heteroatoms. The molecule has 5 atom stereocenters. The quantitative estimate of drug-likeness (QED) is 0.620. The molecule has 3 aliphatic rings. The van der Waals surface area contributed by atoms with Gasteiger partial charge in [-0.2, -0.15) is 0 Å². The molecule has 2 aliphatic carbocycles. The van der Waals surface area contributed by atoms with Crippen molar-refractivity contribution in [3.05, 3.63) is 0 Å².